The number of hydrogen-bond acceptors (Lipinski definition) is 3. The molecule has 0 spiro atoms. The molecule has 1 unspecified atom stereocenters. The van der Waals surface area contributed by atoms with Crippen molar-refractivity contribution in [1.82, 2.24) is 5.32 Å². The maximum Gasteiger partial charge on any atom is 0.249 e. The SMILES string of the molecule is CC(NCc1cc(C(N)=O)cs1)c1cc(F)ccc1F. The van der Waals surface area contributed by atoms with Gasteiger partial charge in [-0.25, -0.2) is 8.78 Å². The monoisotopic (exact) mass is 296 g/mol. The minimum Gasteiger partial charge on any atom is -0.366 e. The highest BCUT2D eigenvalue weighted by atomic mass is 32.1. The van der Waals surface area contributed by atoms with Crippen LogP contribution in [0.2, 0.25) is 0 Å². The molecule has 3 N–H and O–H groups in total. The molecular formula is C14H14F2N2OS. The quantitative estimate of drug-likeness (QED) is 0.891. The third-order valence-corrected chi connectivity index (χ3v) is 3.88. The lowest BCUT2D eigenvalue weighted by atomic mass is 10.1. The Morgan fingerprint density at radius 1 is 1.40 bits per heavy atom. The molecule has 1 aromatic heterocycles. The summed E-state index contributed by atoms with van der Waals surface area (Å²) >= 11 is 1.39. The van der Waals surface area contributed by atoms with E-state index in [0.717, 1.165) is 17.0 Å². The van der Waals surface area contributed by atoms with E-state index in [0.29, 0.717) is 12.1 Å². The molecule has 1 heterocycles. The van der Waals surface area contributed by atoms with E-state index in [9.17, 15) is 13.6 Å². The van der Waals surface area contributed by atoms with Gasteiger partial charge in [0.15, 0.2) is 0 Å². The molecule has 106 valence electrons. The van der Waals surface area contributed by atoms with Crippen LogP contribution in [0.15, 0.2) is 29.6 Å². The molecule has 0 aliphatic rings. The summed E-state index contributed by atoms with van der Waals surface area (Å²) in [6.45, 7) is 2.20. The normalized spacial score (nSPS) is 12.3. The Morgan fingerprint density at radius 2 is 2.15 bits per heavy atom. The highest BCUT2D eigenvalue weighted by molar-refractivity contribution is 7.10. The Kier molecular flexibility index (Phi) is 4.46. The fraction of sp³-hybridized carbons (Fsp3) is 0.214. The summed E-state index contributed by atoms with van der Waals surface area (Å²) in [6, 6.07) is 4.72. The van der Waals surface area contributed by atoms with Gasteiger partial charge in [0.25, 0.3) is 0 Å². The number of nitrogens with one attached hydrogen (secondary N) is 1. The van der Waals surface area contributed by atoms with E-state index in [1.807, 2.05) is 0 Å². The molecule has 1 atom stereocenters. The van der Waals surface area contributed by atoms with Gasteiger partial charge in [0.05, 0.1) is 5.56 Å². The van der Waals surface area contributed by atoms with Gasteiger partial charge in [0.1, 0.15) is 11.6 Å². The lowest BCUT2D eigenvalue weighted by Gasteiger charge is -2.14. The van der Waals surface area contributed by atoms with Crippen LogP contribution in [0.3, 0.4) is 0 Å². The standard InChI is InChI=1S/C14H14F2N2OS/c1-8(12-5-10(15)2-3-13(12)16)18-6-11-4-9(7-20-11)14(17)19/h2-5,7-8,18H,6H2,1H3,(H2,17,19). The minimum absolute atomic E-state index is 0.275. The van der Waals surface area contributed by atoms with Crippen LogP contribution in [-0.2, 0) is 6.54 Å². The van der Waals surface area contributed by atoms with Crippen LogP contribution in [0.25, 0.3) is 0 Å². The highest BCUT2D eigenvalue weighted by Gasteiger charge is 2.12. The number of carbonyl (C=O) groups is 1. The van der Waals surface area contributed by atoms with Crippen molar-refractivity contribution in [3.8, 4) is 0 Å². The molecule has 0 aliphatic heterocycles. The summed E-state index contributed by atoms with van der Waals surface area (Å²) in [6.07, 6.45) is 0. The molecule has 0 radical (unpaired) electrons. The lowest BCUT2D eigenvalue weighted by molar-refractivity contribution is 0.100. The van der Waals surface area contributed by atoms with Gasteiger partial charge in [0, 0.05) is 28.4 Å². The van der Waals surface area contributed by atoms with E-state index in [1.54, 1.807) is 18.4 Å². The number of primary amides is 1. The molecule has 0 saturated heterocycles. The Labute approximate surface area is 119 Å². The lowest BCUT2D eigenvalue weighted by Crippen LogP contribution is -2.19. The topological polar surface area (TPSA) is 55.1 Å². The van der Waals surface area contributed by atoms with E-state index in [2.05, 4.69) is 5.32 Å². The summed E-state index contributed by atoms with van der Waals surface area (Å²) < 4.78 is 26.7. The third-order valence-electron chi connectivity index (χ3n) is 2.95. The van der Waals surface area contributed by atoms with Crippen LogP contribution >= 0.6 is 11.3 Å². The fourth-order valence-electron chi connectivity index (χ4n) is 1.81. The van der Waals surface area contributed by atoms with Gasteiger partial charge in [-0.05, 0) is 31.2 Å². The smallest absolute Gasteiger partial charge is 0.249 e. The van der Waals surface area contributed by atoms with Crippen molar-refractivity contribution in [2.24, 2.45) is 5.73 Å². The predicted octanol–water partition coefficient (Wildman–Crippen LogP) is 2.98. The Hall–Kier alpha value is -1.79. The van der Waals surface area contributed by atoms with E-state index in [-0.39, 0.29) is 11.6 Å². The molecule has 0 saturated carbocycles. The molecule has 20 heavy (non-hydrogen) atoms. The molecule has 2 aromatic rings. The van der Waals surface area contributed by atoms with Gasteiger partial charge in [0.2, 0.25) is 5.91 Å². The van der Waals surface area contributed by atoms with Gasteiger partial charge in [-0.3, -0.25) is 4.79 Å². The van der Waals surface area contributed by atoms with Crippen LogP contribution in [0.4, 0.5) is 8.78 Å². The molecule has 3 nitrogen and oxygen atoms in total. The van der Waals surface area contributed by atoms with Crippen molar-refractivity contribution in [2.75, 3.05) is 0 Å². The number of hydrogen-bond donors (Lipinski definition) is 2. The molecule has 1 amide bonds. The summed E-state index contributed by atoms with van der Waals surface area (Å²) in [5.74, 6) is -1.39. The maximum atomic E-state index is 13.6. The number of nitrogens with two attached hydrogens (primary N) is 1. The maximum absolute atomic E-state index is 13.6. The number of amides is 1. The molecular weight excluding hydrogens is 282 g/mol. The Morgan fingerprint density at radius 3 is 2.80 bits per heavy atom. The van der Waals surface area contributed by atoms with Crippen molar-refractivity contribution in [3.63, 3.8) is 0 Å². The molecule has 0 aliphatic carbocycles. The van der Waals surface area contributed by atoms with Crippen molar-refractivity contribution < 1.29 is 13.6 Å². The van der Waals surface area contributed by atoms with Gasteiger partial charge in [-0.1, -0.05) is 0 Å². The van der Waals surface area contributed by atoms with Gasteiger partial charge in [-0.15, -0.1) is 11.3 Å². The number of benzene rings is 1. The second-order valence-electron chi connectivity index (χ2n) is 4.43. The Bertz CT molecular complexity index is 627. The molecule has 2 rings (SSSR count). The second-order valence-corrected chi connectivity index (χ2v) is 5.43. The van der Waals surface area contributed by atoms with E-state index in [1.165, 1.54) is 17.4 Å². The summed E-state index contributed by atoms with van der Waals surface area (Å²) in [7, 11) is 0. The molecule has 0 bridgehead atoms. The average Bonchev–Trinajstić information content (AvgIpc) is 2.88. The van der Waals surface area contributed by atoms with Crippen LogP contribution in [-0.4, -0.2) is 5.91 Å². The summed E-state index contributed by atoms with van der Waals surface area (Å²) in [5, 5.41) is 4.76. The second kappa shape index (κ2) is 6.11. The van der Waals surface area contributed by atoms with Crippen molar-refractivity contribution in [1.29, 1.82) is 0 Å². The number of halogens is 2. The van der Waals surface area contributed by atoms with E-state index >= 15 is 0 Å². The first-order valence-corrected chi connectivity index (χ1v) is 6.91. The number of carbonyl (C=O) groups excluding carboxylic acids is 1. The first kappa shape index (κ1) is 14.6. The largest absolute Gasteiger partial charge is 0.366 e. The van der Waals surface area contributed by atoms with Crippen molar-refractivity contribution in [3.05, 3.63) is 57.3 Å². The van der Waals surface area contributed by atoms with Gasteiger partial charge >= 0.3 is 0 Å². The number of rotatable bonds is 5. The van der Waals surface area contributed by atoms with E-state index in [4.69, 9.17) is 5.73 Å². The summed E-state index contributed by atoms with van der Waals surface area (Å²) in [5.41, 5.74) is 5.90. The van der Waals surface area contributed by atoms with Crippen LogP contribution in [0, 0.1) is 11.6 Å². The molecule has 6 heteroatoms. The predicted molar refractivity (Wildman–Crippen MR) is 74.4 cm³/mol. The van der Waals surface area contributed by atoms with Crippen LogP contribution < -0.4 is 11.1 Å². The molecule has 0 fully saturated rings. The first-order chi connectivity index (χ1) is 9.47. The Balaban J connectivity index is 2.02. The minimum atomic E-state index is -0.475. The first-order valence-electron chi connectivity index (χ1n) is 6.03. The van der Waals surface area contributed by atoms with Crippen LogP contribution in [0.1, 0.15) is 33.8 Å². The van der Waals surface area contributed by atoms with E-state index < -0.39 is 17.5 Å². The van der Waals surface area contributed by atoms with Crippen molar-refractivity contribution in [2.45, 2.75) is 19.5 Å². The highest BCUT2D eigenvalue weighted by Crippen LogP contribution is 2.20. The third kappa shape index (κ3) is 3.40. The zero-order chi connectivity index (χ0) is 14.7. The van der Waals surface area contributed by atoms with Crippen molar-refractivity contribution >= 4 is 17.2 Å². The summed E-state index contributed by atoms with van der Waals surface area (Å²) in [4.78, 5) is 11.9. The fourth-order valence-corrected chi connectivity index (χ4v) is 2.64. The van der Waals surface area contributed by atoms with Gasteiger partial charge < -0.3 is 11.1 Å². The van der Waals surface area contributed by atoms with Crippen LogP contribution in [0.5, 0.6) is 0 Å². The zero-order valence-electron chi connectivity index (χ0n) is 10.8. The average molecular weight is 296 g/mol. The zero-order valence-corrected chi connectivity index (χ0v) is 11.6. The number of thiophene rings is 1. The van der Waals surface area contributed by atoms with Gasteiger partial charge in [-0.2, -0.15) is 0 Å². The molecule has 1 aromatic carbocycles.